The van der Waals surface area contributed by atoms with E-state index in [9.17, 15) is 14.4 Å². The van der Waals surface area contributed by atoms with Crippen molar-refractivity contribution in [1.29, 1.82) is 0 Å². The monoisotopic (exact) mass is 458 g/mol. The average molecular weight is 459 g/mol. The molecule has 1 aromatic rings. The predicted molar refractivity (Wildman–Crippen MR) is 118 cm³/mol. The summed E-state index contributed by atoms with van der Waals surface area (Å²) in [4.78, 5) is 45.7. The van der Waals surface area contributed by atoms with Crippen LogP contribution in [0.5, 0.6) is 11.5 Å². The molecule has 10 heteroatoms. The Kier molecular flexibility index (Phi) is 6.37. The standard InChI is InChI=1S/C23H30N4O6/c28-21-13-17(15-27(21)18-1-2-19-20(14-18)33-12-11-32-19)23(30)26-5-3-24(4-6-26)16-22(29)25-7-9-31-10-8-25/h1-2,14,17H,3-13,15-16H2/t17-/m0/s1. The van der Waals surface area contributed by atoms with E-state index < -0.39 is 0 Å². The Morgan fingerprint density at radius 3 is 2.36 bits per heavy atom. The Labute approximate surface area is 192 Å². The third-order valence-electron chi connectivity index (χ3n) is 6.72. The molecule has 5 rings (SSSR count). The molecule has 0 unspecified atom stereocenters. The number of amides is 3. The van der Waals surface area contributed by atoms with Gasteiger partial charge in [-0.05, 0) is 12.1 Å². The van der Waals surface area contributed by atoms with Gasteiger partial charge in [-0.2, -0.15) is 0 Å². The number of rotatable bonds is 4. The molecule has 10 nitrogen and oxygen atoms in total. The second kappa shape index (κ2) is 9.56. The van der Waals surface area contributed by atoms with Crippen LogP contribution in [0.1, 0.15) is 6.42 Å². The third-order valence-corrected chi connectivity index (χ3v) is 6.72. The number of morpholine rings is 1. The van der Waals surface area contributed by atoms with Crippen molar-refractivity contribution in [3.8, 4) is 11.5 Å². The van der Waals surface area contributed by atoms with E-state index in [0.29, 0.717) is 90.3 Å². The lowest BCUT2D eigenvalue weighted by atomic mass is 10.1. The van der Waals surface area contributed by atoms with Gasteiger partial charge in [-0.3, -0.25) is 19.3 Å². The topological polar surface area (TPSA) is 91.9 Å². The number of fused-ring (bicyclic) bond motifs is 1. The summed E-state index contributed by atoms with van der Waals surface area (Å²) in [6.45, 7) is 6.69. The molecule has 178 valence electrons. The molecule has 4 aliphatic heterocycles. The summed E-state index contributed by atoms with van der Waals surface area (Å²) in [5.74, 6) is 1.03. The number of anilines is 1. The number of ether oxygens (including phenoxy) is 3. The largest absolute Gasteiger partial charge is 0.486 e. The molecule has 0 saturated carbocycles. The highest BCUT2D eigenvalue weighted by molar-refractivity contribution is 6.00. The second-order valence-electron chi connectivity index (χ2n) is 8.83. The van der Waals surface area contributed by atoms with Crippen LogP contribution < -0.4 is 14.4 Å². The lowest BCUT2D eigenvalue weighted by molar-refractivity contribution is -0.139. The van der Waals surface area contributed by atoms with Crippen LogP contribution in [0.2, 0.25) is 0 Å². The predicted octanol–water partition coefficient (Wildman–Crippen LogP) is -0.186. The smallest absolute Gasteiger partial charge is 0.236 e. The summed E-state index contributed by atoms with van der Waals surface area (Å²) in [6, 6.07) is 5.45. The zero-order valence-electron chi connectivity index (χ0n) is 18.7. The molecule has 4 aliphatic rings. The van der Waals surface area contributed by atoms with Crippen molar-refractivity contribution < 1.29 is 28.6 Å². The van der Waals surface area contributed by atoms with Gasteiger partial charge in [-0.15, -0.1) is 0 Å². The van der Waals surface area contributed by atoms with Gasteiger partial charge in [0, 0.05) is 64.0 Å². The summed E-state index contributed by atoms with van der Waals surface area (Å²) in [6.07, 6.45) is 0.211. The molecule has 0 radical (unpaired) electrons. The van der Waals surface area contributed by atoms with Crippen LogP contribution in [0.15, 0.2) is 18.2 Å². The highest BCUT2D eigenvalue weighted by Crippen LogP contribution is 2.36. The normalized spacial score (nSPS) is 23.7. The van der Waals surface area contributed by atoms with Crippen LogP contribution >= 0.6 is 0 Å². The number of piperazine rings is 1. The van der Waals surface area contributed by atoms with Gasteiger partial charge in [-0.25, -0.2) is 0 Å². The quantitative estimate of drug-likeness (QED) is 0.618. The summed E-state index contributed by atoms with van der Waals surface area (Å²) in [5, 5.41) is 0. The maximum absolute atomic E-state index is 13.1. The molecule has 4 heterocycles. The molecule has 3 saturated heterocycles. The molecule has 0 bridgehead atoms. The third kappa shape index (κ3) is 4.77. The van der Waals surface area contributed by atoms with Gasteiger partial charge in [0.15, 0.2) is 11.5 Å². The van der Waals surface area contributed by atoms with Gasteiger partial charge in [-0.1, -0.05) is 0 Å². The van der Waals surface area contributed by atoms with E-state index in [2.05, 4.69) is 4.90 Å². The first-order valence-electron chi connectivity index (χ1n) is 11.6. The minimum atomic E-state index is -0.354. The van der Waals surface area contributed by atoms with Crippen molar-refractivity contribution in [3.05, 3.63) is 18.2 Å². The molecule has 0 N–H and O–H groups in total. The molecule has 3 amide bonds. The summed E-state index contributed by atoms with van der Waals surface area (Å²) in [7, 11) is 0. The zero-order chi connectivity index (χ0) is 22.8. The Morgan fingerprint density at radius 1 is 0.879 bits per heavy atom. The average Bonchev–Trinajstić information content (AvgIpc) is 3.26. The van der Waals surface area contributed by atoms with Gasteiger partial charge < -0.3 is 28.9 Å². The van der Waals surface area contributed by atoms with Gasteiger partial charge in [0.2, 0.25) is 17.7 Å². The Morgan fingerprint density at radius 2 is 1.61 bits per heavy atom. The molecule has 33 heavy (non-hydrogen) atoms. The van der Waals surface area contributed by atoms with Crippen LogP contribution in [-0.4, -0.2) is 111 Å². The molecule has 1 aromatic carbocycles. The second-order valence-corrected chi connectivity index (χ2v) is 8.83. The van der Waals surface area contributed by atoms with Gasteiger partial charge >= 0.3 is 0 Å². The first-order chi connectivity index (χ1) is 16.1. The minimum Gasteiger partial charge on any atom is -0.486 e. The molecular formula is C23H30N4O6. The van der Waals surface area contributed by atoms with Crippen molar-refractivity contribution in [2.24, 2.45) is 5.92 Å². The number of nitrogens with zero attached hydrogens (tertiary/aromatic N) is 4. The van der Waals surface area contributed by atoms with Gasteiger partial charge in [0.25, 0.3) is 0 Å². The molecule has 3 fully saturated rings. The Hall–Kier alpha value is -2.85. The molecule has 0 aromatic heterocycles. The lowest BCUT2D eigenvalue weighted by Gasteiger charge is -2.36. The molecule has 0 spiro atoms. The van der Waals surface area contributed by atoms with E-state index in [0.717, 1.165) is 5.69 Å². The van der Waals surface area contributed by atoms with E-state index in [1.807, 2.05) is 28.0 Å². The number of hydrogen-bond donors (Lipinski definition) is 0. The fourth-order valence-electron chi connectivity index (χ4n) is 4.81. The van der Waals surface area contributed by atoms with Crippen LogP contribution in [-0.2, 0) is 19.1 Å². The van der Waals surface area contributed by atoms with Crippen LogP contribution in [0.4, 0.5) is 5.69 Å². The number of carbonyl (C=O) groups excluding carboxylic acids is 3. The Balaban J connectivity index is 1.13. The van der Waals surface area contributed by atoms with E-state index >= 15 is 0 Å². The molecular weight excluding hydrogens is 428 g/mol. The van der Waals surface area contributed by atoms with Crippen molar-refractivity contribution in [3.63, 3.8) is 0 Å². The summed E-state index contributed by atoms with van der Waals surface area (Å²) in [5.41, 5.74) is 0.728. The summed E-state index contributed by atoms with van der Waals surface area (Å²) < 4.78 is 16.5. The van der Waals surface area contributed by atoms with E-state index in [4.69, 9.17) is 14.2 Å². The maximum atomic E-state index is 13.1. The first-order valence-corrected chi connectivity index (χ1v) is 11.6. The SMILES string of the molecule is O=C(CN1CCN(C(=O)[C@H]2CC(=O)N(c3ccc4c(c3)OCCO4)C2)CC1)N1CCOCC1. The van der Waals surface area contributed by atoms with Crippen LogP contribution in [0.25, 0.3) is 0 Å². The van der Waals surface area contributed by atoms with E-state index in [1.54, 1.807) is 4.90 Å². The van der Waals surface area contributed by atoms with E-state index in [1.165, 1.54) is 0 Å². The number of hydrogen-bond acceptors (Lipinski definition) is 7. The van der Waals surface area contributed by atoms with Crippen molar-refractivity contribution in [2.45, 2.75) is 6.42 Å². The highest BCUT2D eigenvalue weighted by atomic mass is 16.6. The molecule has 0 aliphatic carbocycles. The van der Waals surface area contributed by atoms with Gasteiger partial charge in [0.05, 0.1) is 25.7 Å². The highest BCUT2D eigenvalue weighted by Gasteiger charge is 2.38. The van der Waals surface area contributed by atoms with Crippen molar-refractivity contribution in [2.75, 3.05) is 83.7 Å². The summed E-state index contributed by atoms with van der Waals surface area (Å²) >= 11 is 0. The number of carbonyl (C=O) groups is 3. The Bertz CT molecular complexity index is 910. The maximum Gasteiger partial charge on any atom is 0.236 e. The van der Waals surface area contributed by atoms with Gasteiger partial charge in [0.1, 0.15) is 13.2 Å². The zero-order valence-corrected chi connectivity index (χ0v) is 18.7. The lowest BCUT2D eigenvalue weighted by Crippen LogP contribution is -2.53. The van der Waals surface area contributed by atoms with Crippen molar-refractivity contribution in [1.82, 2.24) is 14.7 Å². The van der Waals surface area contributed by atoms with Crippen LogP contribution in [0, 0.1) is 5.92 Å². The fourth-order valence-corrected chi connectivity index (χ4v) is 4.81. The number of benzene rings is 1. The molecule has 1 atom stereocenters. The van der Waals surface area contributed by atoms with Crippen LogP contribution in [0.3, 0.4) is 0 Å². The minimum absolute atomic E-state index is 0.0162. The first kappa shape index (κ1) is 22.0. The van der Waals surface area contributed by atoms with Crippen molar-refractivity contribution >= 4 is 23.4 Å². The van der Waals surface area contributed by atoms with E-state index in [-0.39, 0.29) is 30.1 Å². The fraction of sp³-hybridized carbons (Fsp3) is 0.609.